The average molecular weight is 260 g/mol. The van der Waals surface area contributed by atoms with Crippen molar-refractivity contribution in [3.05, 3.63) is 35.9 Å². The average Bonchev–Trinajstić information content (AvgIpc) is 2.46. The van der Waals surface area contributed by atoms with Gasteiger partial charge in [-0.15, -0.1) is 0 Å². The maximum Gasteiger partial charge on any atom is 0.00101 e. The van der Waals surface area contributed by atoms with Crippen LogP contribution in [0.1, 0.15) is 37.7 Å². The van der Waals surface area contributed by atoms with Gasteiger partial charge in [0.25, 0.3) is 0 Å². The van der Waals surface area contributed by atoms with Crippen LogP contribution in [0.5, 0.6) is 0 Å². The normalized spacial score (nSPS) is 20.6. The number of piperidine rings is 1. The Morgan fingerprint density at radius 2 is 2.00 bits per heavy atom. The fourth-order valence-electron chi connectivity index (χ4n) is 3.13. The van der Waals surface area contributed by atoms with Gasteiger partial charge >= 0.3 is 0 Å². The number of hydrogen-bond donors (Lipinski definition) is 1. The number of nitrogens with zero attached hydrogens (tertiary/aromatic N) is 1. The lowest BCUT2D eigenvalue weighted by atomic mass is 9.94. The van der Waals surface area contributed by atoms with Crippen molar-refractivity contribution in [1.82, 2.24) is 4.90 Å². The molecule has 1 atom stereocenters. The second-order valence-electron chi connectivity index (χ2n) is 5.83. The van der Waals surface area contributed by atoms with E-state index in [-0.39, 0.29) is 0 Å². The predicted molar refractivity (Wildman–Crippen MR) is 82.2 cm³/mol. The Kier molecular flexibility index (Phi) is 6.38. The first-order valence-electron chi connectivity index (χ1n) is 7.85. The van der Waals surface area contributed by atoms with Gasteiger partial charge in [-0.1, -0.05) is 30.3 Å². The van der Waals surface area contributed by atoms with E-state index in [1.54, 1.807) is 0 Å². The molecule has 0 bridgehead atoms. The molecular weight excluding hydrogens is 232 g/mol. The molecule has 2 nitrogen and oxygen atoms in total. The molecular formula is C17H28N2. The molecule has 1 saturated heterocycles. The van der Waals surface area contributed by atoms with Crippen LogP contribution in [0.25, 0.3) is 0 Å². The van der Waals surface area contributed by atoms with Gasteiger partial charge in [0.2, 0.25) is 0 Å². The molecule has 2 rings (SSSR count). The second-order valence-corrected chi connectivity index (χ2v) is 5.83. The highest BCUT2D eigenvalue weighted by Gasteiger charge is 2.18. The first-order chi connectivity index (χ1) is 9.38. The van der Waals surface area contributed by atoms with Crippen LogP contribution in [0.4, 0.5) is 0 Å². The quantitative estimate of drug-likeness (QED) is 0.763. The SMILES string of the molecule is NCCC1CCCN(CCCCc2ccccc2)C1. The third-order valence-electron chi connectivity index (χ3n) is 4.21. The van der Waals surface area contributed by atoms with E-state index in [0.29, 0.717) is 0 Å². The van der Waals surface area contributed by atoms with Gasteiger partial charge in [-0.3, -0.25) is 0 Å². The predicted octanol–water partition coefficient (Wildman–Crippen LogP) is 3.07. The largest absolute Gasteiger partial charge is 0.330 e. The van der Waals surface area contributed by atoms with Crippen LogP contribution >= 0.6 is 0 Å². The van der Waals surface area contributed by atoms with Crippen molar-refractivity contribution in [2.45, 2.75) is 38.5 Å². The standard InChI is InChI=1S/C17H28N2/c18-12-11-17-10-6-14-19(15-17)13-5-4-9-16-7-2-1-3-8-16/h1-3,7-8,17H,4-6,9-15,18H2. The van der Waals surface area contributed by atoms with Crippen molar-refractivity contribution >= 4 is 0 Å². The van der Waals surface area contributed by atoms with Crippen LogP contribution in [0, 0.1) is 5.92 Å². The second kappa shape index (κ2) is 8.34. The molecule has 1 aliphatic rings. The number of unbranched alkanes of at least 4 members (excludes halogenated alkanes) is 1. The molecule has 1 fully saturated rings. The summed E-state index contributed by atoms with van der Waals surface area (Å²) in [6.07, 6.45) is 7.81. The minimum absolute atomic E-state index is 0.854. The molecule has 1 aliphatic heterocycles. The highest BCUT2D eigenvalue weighted by atomic mass is 15.1. The van der Waals surface area contributed by atoms with Gasteiger partial charge in [-0.2, -0.15) is 0 Å². The molecule has 19 heavy (non-hydrogen) atoms. The maximum atomic E-state index is 5.67. The number of rotatable bonds is 7. The van der Waals surface area contributed by atoms with E-state index in [1.165, 1.54) is 63.7 Å². The lowest BCUT2D eigenvalue weighted by Crippen LogP contribution is -2.36. The van der Waals surface area contributed by atoms with Crippen molar-refractivity contribution in [3.63, 3.8) is 0 Å². The molecule has 0 aromatic heterocycles. The van der Waals surface area contributed by atoms with Crippen LogP contribution < -0.4 is 5.73 Å². The summed E-state index contributed by atoms with van der Waals surface area (Å²) in [5.41, 5.74) is 7.15. The molecule has 1 heterocycles. The molecule has 0 amide bonds. The van der Waals surface area contributed by atoms with Crippen molar-refractivity contribution in [3.8, 4) is 0 Å². The molecule has 1 aromatic rings. The van der Waals surface area contributed by atoms with E-state index in [0.717, 1.165) is 12.5 Å². The minimum Gasteiger partial charge on any atom is -0.330 e. The summed E-state index contributed by atoms with van der Waals surface area (Å²) in [6, 6.07) is 10.8. The number of likely N-dealkylation sites (tertiary alicyclic amines) is 1. The third kappa shape index (κ3) is 5.33. The number of aryl methyl sites for hydroxylation is 1. The van der Waals surface area contributed by atoms with Crippen LogP contribution in [-0.4, -0.2) is 31.1 Å². The number of nitrogens with two attached hydrogens (primary N) is 1. The van der Waals surface area contributed by atoms with E-state index in [2.05, 4.69) is 35.2 Å². The zero-order valence-corrected chi connectivity index (χ0v) is 12.1. The Labute approximate surface area is 118 Å². The lowest BCUT2D eigenvalue weighted by molar-refractivity contribution is 0.167. The van der Waals surface area contributed by atoms with E-state index >= 15 is 0 Å². The number of hydrogen-bond acceptors (Lipinski definition) is 2. The van der Waals surface area contributed by atoms with Crippen molar-refractivity contribution in [2.24, 2.45) is 11.7 Å². The molecule has 1 aromatic carbocycles. The zero-order valence-electron chi connectivity index (χ0n) is 12.1. The summed E-state index contributed by atoms with van der Waals surface area (Å²) in [7, 11) is 0. The monoisotopic (exact) mass is 260 g/mol. The third-order valence-corrected chi connectivity index (χ3v) is 4.21. The molecule has 2 N–H and O–H groups in total. The van der Waals surface area contributed by atoms with E-state index < -0.39 is 0 Å². The van der Waals surface area contributed by atoms with Gasteiger partial charge in [-0.05, 0) is 69.6 Å². The number of benzene rings is 1. The lowest BCUT2D eigenvalue weighted by Gasteiger charge is -2.32. The Balaban J connectivity index is 1.60. The Hall–Kier alpha value is -0.860. The fraction of sp³-hybridized carbons (Fsp3) is 0.647. The first-order valence-corrected chi connectivity index (χ1v) is 7.85. The Morgan fingerprint density at radius 1 is 1.16 bits per heavy atom. The molecule has 0 aliphatic carbocycles. The highest BCUT2D eigenvalue weighted by molar-refractivity contribution is 5.14. The van der Waals surface area contributed by atoms with Gasteiger partial charge < -0.3 is 10.6 Å². The van der Waals surface area contributed by atoms with Crippen LogP contribution in [-0.2, 0) is 6.42 Å². The van der Waals surface area contributed by atoms with Gasteiger partial charge in [0.15, 0.2) is 0 Å². The van der Waals surface area contributed by atoms with Gasteiger partial charge in [0.1, 0.15) is 0 Å². The molecule has 0 spiro atoms. The van der Waals surface area contributed by atoms with Crippen molar-refractivity contribution in [1.29, 1.82) is 0 Å². The van der Waals surface area contributed by atoms with Crippen LogP contribution in [0.3, 0.4) is 0 Å². The van der Waals surface area contributed by atoms with Gasteiger partial charge in [0.05, 0.1) is 0 Å². The Morgan fingerprint density at radius 3 is 2.79 bits per heavy atom. The van der Waals surface area contributed by atoms with E-state index in [9.17, 15) is 0 Å². The topological polar surface area (TPSA) is 29.3 Å². The molecule has 0 saturated carbocycles. The molecule has 106 valence electrons. The maximum absolute atomic E-state index is 5.67. The van der Waals surface area contributed by atoms with Gasteiger partial charge in [-0.25, -0.2) is 0 Å². The van der Waals surface area contributed by atoms with Gasteiger partial charge in [0, 0.05) is 6.54 Å². The Bertz CT molecular complexity index is 334. The summed E-state index contributed by atoms with van der Waals surface area (Å²) in [5, 5.41) is 0. The smallest absolute Gasteiger partial charge is 0.00101 e. The van der Waals surface area contributed by atoms with E-state index in [1.807, 2.05) is 0 Å². The molecule has 0 radical (unpaired) electrons. The van der Waals surface area contributed by atoms with Crippen LogP contribution in [0.2, 0.25) is 0 Å². The van der Waals surface area contributed by atoms with Crippen molar-refractivity contribution < 1.29 is 0 Å². The summed E-state index contributed by atoms with van der Waals surface area (Å²) in [4.78, 5) is 2.65. The zero-order chi connectivity index (χ0) is 13.3. The summed E-state index contributed by atoms with van der Waals surface area (Å²) >= 11 is 0. The van der Waals surface area contributed by atoms with Crippen molar-refractivity contribution in [2.75, 3.05) is 26.2 Å². The summed E-state index contributed by atoms with van der Waals surface area (Å²) in [6.45, 7) is 4.70. The first kappa shape index (κ1) is 14.5. The summed E-state index contributed by atoms with van der Waals surface area (Å²) in [5.74, 6) is 0.855. The van der Waals surface area contributed by atoms with Crippen LogP contribution in [0.15, 0.2) is 30.3 Å². The molecule has 2 heteroatoms. The highest BCUT2D eigenvalue weighted by Crippen LogP contribution is 2.19. The summed E-state index contributed by atoms with van der Waals surface area (Å²) < 4.78 is 0. The fourth-order valence-corrected chi connectivity index (χ4v) is 3.13. The van der Waals surface area contributed by atoms with E-state index in [4.69, 9.17) is 5.73 Å². The molecule has 1 unspecified atom stereocenters. The minimum atomic E-state index is 0.854.